The minimum absolute atomic E-state index is 0.0172. The van der Waals surface area contributed by atoms with Gasteiger partial charge in [-0.3, -0.25) is 4.98 Å². The van der Waals surface area contributed by atoms with Crippen LogP contribution < -0.4 is 5.32 Å². The van der Waals surface area contributed by atoms with Gasteiger partial charge in [-0.05, 0) is 31.5 Å². The van der Waals surface area contributed by atoms with Crippen molar-refractivity contribution < 1.29 is 27.1 Å². The Labute approximate surface area is 160 Å². The monoisotopic (exact) mass is 414 g/mol. The van der Waals surface area contributed by atoms with Crippen LogP contribution in [0.25, 0.3) is 10.2 Å². The molecule has 1 N–H and O–H groups in total. The Kier molecular flexibility index (Phi) is 5.45. The van der Waals surface area contributed by atoms with Crippen LogP contribution in [0.15, 0.2) is 24.5 Å². The quantitative estimate of drug-likeness (QED) is 0.486. The fraction of sp³-hybridized carbons (Fsp3) is 0.294. The van der Waals surface area contributed by atoms with E-state index in [4.69, 9.17) is 4.74 Å². The van der Waals surface area contributed by atoms with Crippen LogP contribution >= 0.6 is 11.3 Å². The first kappa shape index (κ1) is 19.9. The van der Waals surface area contributed by atoms with Crippen molar-refractivity contribution in [2.24, 2.45) is 0 Å². The van der Waals surface area contributed by atoms with Crippen molar-refractivity contribution in [3.63, 3.8) is 0 Å². The third-order valence-electron chi connectivity index (χ3n) is 3.69. The summed E-state index contributed by atoms with van der Waals surface area (Å²) in [7, 11) is 0. The number of thiophene rings is 1. The van der Waals surface area contributed by atoms with Gasteiger partial charge in [-0.1, -0.05) is 0 Å². The van der Waals surface area contributed by atoms with Gasteiger partial charge < -0.3 is 10.1 Å². The molecule has 148 valence electrons. The van der Waals surface area contributed by atoms with Gasteiger partial charge in [0.1, 0.15) is 10.7 Å². The molecule has 0 spiro atoms. The number of fused-ring (bicyclic) bond motifs is 1. The van der Waals surface area contributed by atoms with Crippen LogP contribution in [0, 0.1) is 5.82 Å². The maximum absolute atomic E-state index is 13.4. The second-order valence-corrected chi connectivity index (χ2v) is 6.79. The predicted molar refractivity (Wildman–Crippen MR) is 94.6 cm³/mol. The first-order valence-electron chi connectivity index (χ1n) is 8.12. The molecule has 3 aromatic heterocycles. The molecular formula is C17H14F4N4O2S. The third kappa shape index (κ3) is 4.19. The maximum atomic E-state index is 13.4. The molecule has 28 heavy (non-hydrogen) atoms. The van der Waals surface area contributed by atoms with E-state index in [1.54, 1.807) is 13.8 Å². The van der Waals surface area contributed by atoms with Crippen LogP contribution in [-0.2, 0) is 10.9 Å². The lowest BCUT2D eigenvalue weighted by atomic mass is 10.1. The van der Waals surface area contributed by atoms with Crippen LogP contribution in [0.5, 0.6) is 0 Å². The van der Waals surface area contributed by atoms with Gasteiger partial charge in [0, 0.05) is 6.20 Å². The van der Waals surface area contributed by atoms with Gasteiger partial charge in [0.25, 0.3) is 0 Å². The highest BCUT2D eigenvalue weighted by Crippen LogP contribution is 2.39. The number of nitrogens with one attached hydrogen (secondary N) is 1. The Bertz CT molecular complexity index is 1020. The molecule has 0 saturated carbocycles. The van der Waals surface area contributed by atoms with Crippen LogP contribution in [0.4, 0.5) is 23.5 Å². The van der Waals surface area contributed by atoms with E-state index in [1.165, 1.54) is 12.3 Å². The Hall–Kier alpha value is -2.82. The fourth-order valence-electron chi connectivity index (χ4n) is 2.41. The summed E-state index contributed by atoms with van der Waals surface area (Å²) < 4.78 is 57.4. The van der Waals surface area contributed by atoms with Gasteiger partial charge in [0.2, 0.25) is 5.95 Å². The van der Waals surface area contributed by atoms with Crippen molar-refractivity contribution in [3.8, 4) is 0 Å². The smallest absolute Gasteiger partial charge is 0.425 e. The molecule has 0 aromatic carbocycles. The van der Waals surface area contributed by atoms with Gasteiger partial charge in [0.05, 0.1) is 29.1 Å². The summed E-state index contributed by atoms with van der Waals surface area (Å²) in [5.74, 6) is -1.48. The first-order valence-corrected chi connectivity index (χ1v) is 8.93. The van der Waals surface area contributed by atoms with E-state index in [2.05, 4.69) is 20.3 Å². The molecule has 0 unspecified atom stereocenters. The van der Waals surface area contributed by atoms with E-state index in [0.29, 0.717) is 16.9 Å². The number of ether oxygens (including phenoxy) is 1. The zero-order valence-electron chi connectivity index (χ0n) is 14.7. The van der Waals surface area contributed by atoms with Crippen molar-refractivity contribution in [3.05, 3.63) is 46.5 Å². The molecule has 3 heterocycles. The Morgan fingerprint density at radius 3 is 2.68 bits per heavy atom. The number of esters is 1. The number of hydrogen-bond acceptors (Lipinski definition) is 7. The lowest BCUT2D eigenvalue weighted by molar-refractivity contribution is -0.134. The molecule has 1 atom stereocenters. The summed E-state index contributed by atoms with van der Waals surface area (Å²) in [5.41, 5.74) is 0.171. The molecule has 11 heteroatoms. The zero-order valence-corrected chi connectivity index (χ0v) is 15.5. The number of rotatable bonds is 5. The van der Waals surface area contributed by atoms with Crippen molar-refractivity contribution in [2.75, 3.05) is 11.9 Å². The average molecular weight is 414 g/mol. The van der Waals surface area contributed by atoms with Gasteiger partial charge >= 0.3 is 12.1 Å². The molecule has 0 fully saturated rings. The van der Waals surface area contributed by atoms with Crippen molar-refractivity contribution >= 4 is 33.5 Å². The number of anilines is 1. The maximum Gasteiger partial charge on any atom is 0.425 e. The number of hydrogen-bond donors (Lipinski definition) is 1. The number of aromatic nitrogens is 3. The topological polar surface area (TPSA) is 77.0 Å². The van der Waals surface area contributed by atoms with Gasteiger partial charge in [0.15, 0.2) is 5.69 Å². The highest BCUT2D eigenvalue weighted by atomic mass is 32.1. The van der Waals surface area contributed by atoms with E-state index < -0.39 is 28.9 Å². The fourth-order valence-corrected chi connectivity index (χ4v) is 3.35. The summed E-state index contributed by atoms with van der Waals surface area (Å²) in [6, 6.07) is 1.59. The Morgan fingerprint density at radius 2 is 2.04 bits per heavy atom. The number of halogens is 4. The molecule has 0 amide bonds. The summed E-state index contributed by atoms with van der Waals surface area (Å²) in [6.07, 6.45) is -2.11. The predicted octanol–water partition coefficient (Wildman–Crippen LogP) is 4.59. The molecule has 0 saturated heterocycles. The minimum atomic E-state index is -4.58. The van der Waals surface area contributed by atoms with Crippen molar-refractivity contribution in [1.82, 2.24) is 15.0 Å². The van der Waals surface area contributed by atoms with Gasteiger partial charge in [-0.2, -0.15) is 13.2 Å². The van der Waals surface area contributed by atoms with Gasteiger partial charge in [-0.25, -0.2) is 19.2 Å². The molecule has 0 aliphatic rings. The normalized spacial score (nSPS) is 12.8. The molecule has 3 aromatic rings. The lowest BCUT2D eigenvalue weighted by Gasteiger charge is -2.14. The first-order chi connectivity index (χ1) is 13.2. The molecule has 6 nitrogen and oxygen atoms in total. The molecule has 3 rings (SSSR count). The molecule has 0 radical (unpaired) electrons. The highest BCUT2D eigenvalue weighted by molar-refractivity contribution is 7.19. The van der Waals surface area contributed by atoms with E-state index in [0.717, 1.165) is 12.3 Å². The van der Waals surface area contributed by atoms with Crippen LogP contribution in [0.3, 0.4) is 0 Å². The van der Waals surface area contributed by atoms with Gasteiger partial charge in [-0.15, -0.1) is 11.3 Å². The zero-order chi connectivity index (χ0) is 20.5. The van der Waals surface area contributed by atoms with E-state index >= 15 is 0 Å². The number of alkyl halides is 3. The van der Waals surface area contributed by atoms with Crippen LogP contribution in [0.2, 0.25) is 0 Å². The Balaban J connectivity index is 2.03. The highest BCUT2D eigenvalue weighted by Gasteiger charge is 2.34. The largest absolute Gasteiger partial charge is 0.461 e. The summed E-state index contributed by atoms with van der Waals surface area (Å²) in [6.45, 7) is 3.28. The molecule has 0 aliphatic carbocycles. The summed E-state index contributed by atoms with van der Waals surface area (Å²) >= 11 is 0.373. The Morgan fingerprint density at radius 1 is 1.29 bits per heavy atom. The average Bonchev–Trinajstić information content (AvgIpc) is 3.05. The summed E-state index contributed by atoms with van der Waals surface area (Å²) in [5, 5.41) is 2.85. The minimum Gasteiger partial charge on any atom is -0.461 e. The number of carbonyl (C=O) groups is 1. The third-order valence-corrected chi connectivity index (χ3v) is 4.87. The molecule has 0 bridgehead atoms. The van der Waals surface area contributed by atoms with E-state index in [1.807, 2.05) is 0 Å². The summed E-state index contributed by atoms with van der Waals surface area (Å²) in [4.78, 5) is 23.1. The number of nitrogens with zero attached hydrogens (tertiary/aromatic N) is 3. The van der Waals surface area contributed by atoms with Crippen LogP contribution in [0.1, 0.15) is 40.8 Å². The SMILES string of the molecule is CCOC(=O)c1nc(N[C@@H](C)c2cncc(F)c2)nc2cc(C(F)(F)F)sc12. The second kappa shape index (κ2) is 7.66. The standard InChI is InChI=1S/C17H14F4N4O2S/c1-3-27-15(26)13-14-11(5-12(28-14)17(19,20)21)24-16(25-13)23-8(2)9-4-10(18)7-22-6-9/h4-8H,3H2,1-2H3,(H,23,24,25)/t8-/m0/s1. The van der Waals surface area contributed by atoms with E-state index in [9.17, 15) is 22.4 Å². The molecular weight excluding hydrogens is 400 g/mol. The van der Waals surface area contributed by atoms with Crippen LogP contribution in [-0.4, -0.2) is 27.5 Å². The van der Waals surface area contributed by atoms with Crippen molar-refractivity contribution in [1.29, 1.82) is 0 Å². The number of pyridine rings is 1. The lowest BCUT2D eigenvalue weighted by Crippen LogP contribution is -2.14. The second-order valence-electron chi connectivity index (χ2n) is 5.74. The van der Waals surface area contributed by atoms with Crippen molar-refractivity contribution in [2.45, 2.75) is 26.1 Å². The molecule has 0 aliphatic heterocycles. The number of carbonyl (C=O) groups excluding carboxylic acids is 1. The van der Waals surface area contributed by atoms with E-state index in [-0.39, 0.29) is 28.5 Å².